The van der Waals surface area contributed by atoms with Gasteiger partial charge in [0.1, 0.15) is 29.3 Å². The second-order valence-corrected chi connectivity index (χ2v) is 13.8. The minimum absolute atomic E-state index is 0.0591. The predicted octanol–water partition coefficient (Wildman–Crippen LogP) is -2.51. The third-order valence-corrected chi connectivity index (χ3v) is 10.8. The molecule has 248 valence electrons. The fourth-order valence-corrected chi connectivity index (χ4v) is 8.04. The Hall–Kier alpha value is -3.93. The smallest absolute Gasteiger partial charge is 0.313 e. The zero-order valence-electron chi connectivity index (χ0n) is 24.4. The lowest BCUT2D eigenvalue weighted by molar-refractivity contribution is -0.157. The number of aliphatic hydroxyl groups is 2. The predicted molar refractivity (Wildman–Crippen MR) is 168 cm³/mol. The van der Waals surface area contributed by atoms with Gasteiger partial charge in [0.2, 0.25) is 11.5 Å². The zero-order valence-corrected chi connectivity index (χ0v) is 26.8. The first-order chi connectivity index (χ1) is 21.8. The Morgan fingerprint density at radius 1 is 1.35 bits per heavy atom. The summed E-state index contributed by atoms with van der Waals surface area (Å²) in [7, 11) is 0. The number of thiazole rings is 1. The molecule has 0 bridgehead atoms. The summed E-state index contributed by atoms with van der Waals surface area (Å²) >= 11 is 3.45. The highest BCUT2D eigenvalue weighted by Crippen LogP contribution is 2.45. The average molecular weight is 698 g/mol. The molecular weight excluding hydrogens is 667 g/mol. The van der Waals surface area contributed by atoms with Crippen molar-refractivity contribution >= 4 is 75.1 Å². The third kappa shape index (κ3) is 6.36. The first-order valence-electron chi connectivity index (χ1n) is 13.5. The van der Waals surface area contributed by atoms with Crippen LogP contribution in [0.4, 0.5) is 5.13 Å². The van der Waals surface area contributed by atoms with E-state index in [-0.39, 0.29) is 47.9 Å². The molecule has 0 aliphatic carbocycles. The van der Waals surface area contributed by atoms with Gasteiger partial charge in [-0.3, -0.25) is 29.6 Å². The molecule has 46 heavy (non-hydrogen) atoms. The number of thioether (sulfide) groups is 2. The maximum Gasteiger partial charge on any atom is 0.313 e. The van der Waals surface area contributed by atoms with Crippen molar-refractivity contribution in [3.05, 3.63) is 34.2 Å². The zero-order chi connectivity index (χ0) is 33.4. The number of aliphatic hydroxyl groups excluding tert-OH is 2. The van der Waals surface area contributed by atoms with E-state index in [4.69, 9.17) is 16.4 Å². The molecule has 2 unspecified atom stereocenters. The Morgan fingerprint density at radius 2 is 2.11 bits per heavy atom. The van der Waals surface area contributed by atoms with E-state index in [1.54, 1.807) is 11.1 Å². The summed E-state index contributed by atoms with van der Waals surface area (Å²) in [5.74, 6) is 2.67. The number of fused-ring (bicyclic) bond motifs is 2. The van der Waals surface area contributed by atoms with E-state index >= 15 is 0 Å². The molecular formula is C24H31N11O8S3. The van der Waals surface area contributed by atoms with E-state index in [0.717, 1.165) is 11.3 Å². The van der Waals surface area contributed by atoms with E-state index in [9.17, 15) is 34.5 Å². The fourth-order valence-electron chi connectivity index (χ4n) is 4.60. The van der Waals surface area contributed by atoms with E-state index in [0.29, 0.717) is 16.6 Å². The van der Waals surface area contributed by atoms with Crippen LogP contribution >= 0.6 is 34.9 Å². The number of nitrogens with zero attached hydrogens (tertiary/aromatic N) is 6. The van der Waals surface area contributed by atoms with Crippen molar-refractivity contribution in [1.29, 1.82) is 0 Å². The van der Waals surface area contributed by atoms with Crippen LogP contribution in [0.25, 0.3) is 0 Å². The number of hydrogen-bond donors (Lipinski definition) is 8. The molecule has 3 atom stereocenters. The summed E-state index contributed by atoms with van der Waals surface area (Å²) in [6.07, 6.45) is 3.14. The van der Waals surface area contributed by atoms with Crippen molar-refractivity contribution in [2.75, 3.05) is 37.1 Å². The van der Waals surface area contributed by atoms with Gasteiger partial charge < -0.3 is 36.1 Å². The molecule has 2 saturated heterocycles. The number of aliphatic imine (C=N–C) groups is 1. The summed E-state index contributed by atoms with van der Waals surface area (Å²) in [6.45, 7) is 1.96. The van der Waals surface area contributed by atoms with Crippen LogP contribution in [0.1, 0.15) is 19.5 Å². The second kappa shape index (κ2) is 13.1. The number of hydrogen-bond acceptors (Lipinski definition) is 18. The number of β-lactam (4-membered cyclic amide) rings is 1. The number of hydrazine groups is 3. The molecule has 0 saturated carbocycles. The lowest BCUT2D eigenvalue weighted by atomic mass is 9.89. The van der Waals surface area contributed by atoms with Crippen molar-refractivity contribution in [1.82, 2.24) is 36.2 Å². The molecule has 0 spiro atoms. The van der Waals surface area contributed by atoms with Gasteiger partial charge in [-0.05, 0) is 19.9 Å². The van der Waals surface area contributed by atoms with Crippen molar-refractivity contribution in [3.63, 3.8) is 0 Å². The summed E-state index contributed by atoms with van der Waals surface area (Å²) in [4.78, 5) is 66.4. The molecule has 19 nitrogen and oxygen atoms in total. The number of carboxylic acids is 1. The first kappa shape index (κ1) is 33.4. The van der Waals surface area contributed by atoms with E-state index in [1.165, 1.54) is 58.9 Å². The normalized spacial score (nSPS) is 24.3. The first-order valence-corrected chi connectivity index (χ1v) is 16.4. The van der Waals surface area contributed by atoms with Crippen LogP contribution in [0.5, 0.6) is 0 Å². The molecule has 0 radical (unpaired) electrons. The van der Waals surface area contributed by atoms with Gasteiger partial charge in [0.15, 0.2) is 16.7 Å². The van der Waals surface area contributed by atoms with E-state index in [2.05, 4.69) is 26.0 Å². The molecule has 4 aliphatic rings. The molecule has 3 amide bonds. The summed E-state index contributed by atoms with van der Waals surface area (Å²) < 4.78 is 0. The van der Waals surface area contributed by atoms with Crippen molar-refractivity contribution in [3.8, 4) is 0 Å². The molecule has 1 aromatic heterocycles. The average Bonchev–Trinajstić information content (AvgIpc) is 3.67. The number of amides is 3. The number of oxime groups is 1. The Kier molecular flexibility index (Phi) is 9.49. The number of nitrogens with two attached hydrogens (primary N) is 2. The van der Waals surface area contributed by atoms with Crippen molar-refractivity contribution in [2.45, 2.75) is 30.9 Å². The quantitative estimate of drug-likeness (QED) is 0.0368. The van der Waals surface area contributed by atoms with Gasteiger partial charge in [-0.2, -0.15) is 0 Å². The highest BCUT2D eigenvalue weighted by molar-refractivity contribution is 8.03. The SMILES string of the molecule is CC(C)(ON=C(C(=O)NC1C(=O)N2CC(CSC3=CC(CO)=NC4=CN(CO)NN43)(C(=O)O)CS[C@H]12)c1csc(N)n1)C(=O)NN. The Balaban J connectivity index is 1.27. The molecule has 1 aromatic rings. The van der Waals surface area contributed by atoms with Gasteiger partial charge >= 0.3 is 5.97 Å². The highest BCUT2D eigenvalue weighted by Gasteiger charge is 2.58. The summed E-state index contributed by atoms with van der Waals surface area (Å²) in [6, 6.07) is -0.992. The maximum atomic E-state index is 13.4. The Bertz CT molecular complexity index is 1560. The van der Waals surface area contributed by atoms with Crippen LogP contribution in [0, 0.1) is 5.41 Å². The minimum atomic E-state index is -1.55. The number of nitrogen functional groups attached to an aromatic ring is 1. The highest BCUT2D eigenvalue weighted by atomic mass is 32.2. The molecule has 22 heteroatoms. The molecule has 0 aromatic carbocycles. The van der Waals surface area contributed by atoms with Crippen LogP contribution < -0.4 is 27.9 Å². The molecule has 4 aliphatic heterocycles. The number of carbonyl (C=O) groups excluding carboxylic acids is 3. The van der Waals surface area contributed by atoms with Gasteiger partial charge in [-0.15, -0.1) is 40.4 Å². The van der Waals surface area contributed by atoms with Crippen LogP contribution in [0.2, 0.25) is 0 Å². The minimum Gasteiger partial charge on any atom is -0.481 e. The number of aromatic nitrogens is 1. The topological polar surface area (TPSA) is 274 Å². The monoisotopic (exact) mass is 697 g/mol. The van der Waals surface area contributed by atoms with Gasteiger partial charge in [-0.25, -0.2) is 20.8 Å². The van der Waals surface area contributed by atoms with Gasteiger partial charge in [0.25, 0.3) is 11.8 Å². The van der Waals surface area contributed by atoms with Crippen molar-refractivity contribution < 1.29 is 39.3 Å². The van der Waals surface area contributed by atoms with Crippen LogP contribution in [0.3, 0.4) is 0 Å². The number of rotatable bonds is 12. The third-order valence-electron chi connectivity index (χ3n) is 7.22. The lowest BCUT2D eigenvalue weighted by Gasteiger charge is -2.53. The molecule has 10 N–H and O–H groups in total. The number of carbonyl (C=O) groups is 4. The standard InChI is InChI=1S/C24H31N11O8S3/c1-23(2,20(40)30-26)43-31-15(12-6-44-22(25)28-12)17(38)29-16-18(39)34-7-24(21(41)42,9-46-19(16)34)8-45-14-3-11(5-36)27-13-4-33(10-37)32-35(13)14/h3-4,6,16,19,32,36-37H,5,7-10,26H2,1-2H3,(H2,25,28)(H,29,38)(H,30,40)(H,41,42)/t16?,19-,24?/m1/s1. The lowest BCUT2D eigenvalue weighted by Crippen LogP contribution is -2.74. The van der Waals surface area contributed by atoms with Crippen LogP contribution in [-0.2, 0) is 24.0 Å². The molecule has 2 fully saturated rings. The van der Waals surface area contributed by atoms with Gasteiger partial charge in [-0.1, -0.05) is 5.16 Å². The second-order valence-electron chi connectivity index (χ2n) is 10.9. The number of aliphatic carboxylic acids is 1. The largest absolute Gasteiger partial charge is 0.481 e. The van der Waals surface area contributed by atoms with E-state index in [1.807, 2.05) is 5.43 Å². The fraction of sp³-hybridized carbons (Fsp3) is 0.458. The Morgan fingerprint density at radius 3 is 2.74 bits per heavy atom. The molecule has 5 heterocycles. The maximum absolute atomic E-state index is 13.4. The number of nitrogens with one attached hydrogen (secondary N) is 3. The Labute approximate surface area is 273 Å². The van der Waals surface area contributed by atoms with Crippen LogP contribution in [0.15, 0.2) is 38.7 Å². The van der Waals surface area contributed by atoms with Gasteiger partial charge in [0, 0.05) is 23.4 Å². The van der Waals surface area contributed by atoms with Gasteiger partial charge in [0.05, 0.1) is 23.5 Å². The summed E-state index contributed by atoms with van der Waals surface area (Å²) in [5, 5.41) is 40.5. The van der Waals surface area contributed by atoms with Crippen molar-refractivity contribution in [2.24, 2.45) is 21.4 Å². The van der Waals surface area contributed by atoms with Crippen LogP contribution in [-0.4, -0.2) is 119 Å². The summed E-state index contributed by atoms with van der Waals surface area (Å²) in [5.41, 5.74) is 7.77. The number of carboxylic acid groups (broad SMARTS) is 1. The van der Waals surface area contributed by atoms with E-state index < -0.39 is 46.1 Å². The number of anilines is 1. The molecule has 5 rings (SSSR count).